The number of rotatable bonds is 4. The summed E-state index contributed by atoms with van der Waals surface area (Å²) in [6.45, 7) is 0.490. The minimum absolute atomic E-state index is 0.00796. The van der Waals surface area contributed by atoms with Crippen LogP contribution in [-0.4, -0.2) is 30.4 Å². The minimum Gasteiger partial charge on any atom is -0.473 e. The van der Waals surface area contributed by atoms with Crippen molar-refractivity contribution >= 4 is 11.3 Å². The van der Waals surface area contributed by atoms with E-state index >= 15 is 0 Å². The predicted octanol–water partition coefficient (Wildman–Crippen LogP) is 0.186. The second kappa shape index (κ2) is 4.39. The van der Waals surface area contributed by atoms with Gasteiger partial charge in [0.25, 0.3) is 5.19 Å². The maximum Gasteiger partial charge on any atom is 0.273 e. The number of ether oxygens (including phenoxy) is 1. The SMILES string of the molecule is COc1ncc(C(CN)CO)s1. The van der Waals surface area contributed by atoms with Gasteiger partial charge in [-0.2, -0.15) is 0 Å². The van der Waals surface area contributed by atoms with E-state index in [9.17, 15) is 0 Å². The smallest absolute Gasteiger partial charge is 0.273 e. The second-order valence-corrected chi connectivity index (χ2v) is 3.37. The number of aliphatic hydroxyl groups is 1. The van der Waals surface area contributed by atoms with Crippen molar-refractivity contribution in [1.82, 2.24) is 4.98 Å². The molecular formula is C7H12N2O2S. The van der Waals surface area contributed by atoms with Gasteiger partial charge in [0, 0.05) is 23.5 Å². The van der Waals surface area contributed by atoms with Crippen molar-refractivity contribution in [2.45, 2.75) is 5.92 Å². The molecule has 1 aromatic heterocycles. The lowest BCUT2D eigenvalue weighted by Crippen LogP contribution is -2.14. The van der Waals surface area contributed by atoms with Gasteiger partial charge in [0.15, 0.2) is 0 Å². The third-order valence-corrected chi connectivity index (χ3v) is 2.71. The Balaban J connectivity index is 2.72. The Morgan fingerprint density at radius 2 is 2.58 bits per heavy atom. The molecule has 1 unspecified atom stereocenters. The highest BCUT2D eigenvalue weighted by Crippen LogP contribution is 2.26. The lowest BCUT2D eigenvalue weighted by molar-refractivity contribution is 0.269. The van der Waals surface area contributed by atoms with Gasteiger partial charge < -0.3 is 15.6 Å². The zero-order chi connectivity index (χ0) is 8.97. The van der Waals surface area contributed by atoms with Crippen molar-refractivity contribution in [3.63, 3.8) is 0 Å². The number of methoxy groups -OCH3 is 1. The Kier molecular flexibility index (Phi) is 3.46. The maximum absolute atomic E-state index is 8.92. The zero-order valence-corrected chi connectivity index (χ0v) is 7.67. The van der Waals surface area contributed by atoms with Gasteiger partial charge >= 0.3 is 0 Å². The first-order valence-corrected chi connectivity index (χ1v) is 4.44. The Bertz CT molecular complexity index is 235. The molecule has 0 fully saturated rings. The summed E-state index contributed by atoms with van der Waals surface area (Å²) in [5.41, 5.74) is 5.44. The predicted molar refractivity (Wildman–Crippen MR) is 47.5 cm³/mol. The number of aromatic nitrogens is 1. The molecule has 0 saturated carbocycles. The molecule has 12 heavy (non-hydrogen) atoms. The van der Waals surface area contributed by atoms with Crippen LogP contribution in [0.25, 0.3) is 0 Å². The zero-order valence-electron chi connectivity index (χ0n) is 6.86. The fourth-order valence-corrected chi connectivity index (χ4v) is 1.67. The summed E-state index contributed by atoms with van der Waals surface area (Å²) in [5.74, 6) is -0.00796. The molecule has 4 nitrogen and oxygen atoms in total. The molecule has 1 aromatic rings. The normalized spacial score (nSPS) is 12.9. The molecule has 0 radical (unpaired) electrons. The Morgan fingerprint density at radius 3 is 3.00 bits per heavy atom. The molecule has 3 N–H and O–H groups in total. The largest absolute Gasteiger partial charge is 0.473 e. The van der Waals surface area contributed by atoms with Gasteiger partial charge in [0.1, 0.15) is 0 Å². The topological polar surface area (TPSA) is 68.4 Å². The van der Waals surface area contributed by atoms with Crippen molar-refractivity contribution in [3.05, 3.63) is 11.1 Å². The second-order valence-electron chi connectivity index (χ2n) is 2.35. The Morgan fingerprint density at radius 1 is 1.83 bits per heavy atom. The van der Waals surface area contributed by atoms with Crippen molar-refractivity contribution in [2.24, 2.45) is 5.73 Å². The van der Waals surface area contributed by atoms with E-state index < -0.39 is 0 Å². The highest BCUT2D eigenvalue weighted by Gasteiger charge is 2.12. The first-order chi connectivity index (χ1) is 5.81. The first-order valence-electron chi connectivity index (χ1n) is 3.62. The van der Waals surface area contributed by atoms with Crippen LogP contribution in [0.4, 0.5) is 0 Å². The molecule has 0 saturated heterocycles. The van der Waals surface area contributed by atoms with E-state index in [1.165, 1.54) is 11.3 Å². The van der Waals surface area contributed by atoms with Crippen LogP contribution in [0.5, 0.6) is 5.19 Å². The number of hydrogen-bond acceptors (Lipinski definition) is 5. The lowest BCUT2D eigenvalue weighted by atomic mass is 10.1. The fraction of sp³-hybridized carbons (Fsp3) is 0.571. The van der Waals surface area contributed by atoms with Crippen LogP contribution in [0.1, 0.15) is 10.8 Å². The van der Waals surface area contributed by atoms with E-state index in [1.54, 1.807) is 13.3 Å². The van der Waals surface area contributed by atoms with E-state index in [4.69, 9.17) is 15.6 Å². The Hall–Kier alpha value is -0.650. The summed E-state index contributed by atoms with van der Waals surface area (Å²) in [4.78, 5) is 4.95. The molecule has 1 rings (SSSR count). The molecule has 0 aromatic carbocycles. The summed E-state index contributed by atoms with van der Waals surface area (Å²) in [7, 11) is 1.57. The highest BCUT2D eigenvalue weighted by atomic mass is 32.1. The number of nitrogens with zero attached hydrogens (tertiary/aromatic N) is 1. The molecule has 0 amide bonds. The Labute approximate surface area is 75.0 Å². The highest BCUT2D eigenvalue weighted by molar-refractivity contribution is 7.13. The number of aliphatic hydroxyl groups excluding tert-OH is 1. The number of thiazole rings is 1. The average molecular weight is 188 g/mol. The van der Waals surface area contributed by atoms with Gasteiger partial charge in [-0.05, 0) is 0 Å². The molecule has 0 aliphatic rings. The van der Waals surface area contributed by atoms with Crippen molar-refractivity contribution < 1.29 is 9.84 Å². The van der Waals surface area contributed by atoms with Gasteiger partial charge in [-0.1, -0.05) is 11.3 Å². The van der Waals surface area contributed by atoms with E-state index in [0.717, 1.165) is 4.88 Å². The lowest BCUT2D eigenvalue weighted by Gasteiger charge is -2.06. The summed E-state index contributed by atoms with van der Waals surface area (Å²) in [6, 6.07) is 0. The number of hydrogen-bond donors (Lipinski definition) is 2. The van der Waals surface area contributed by atoms with Crippen LogP contribution in [0.3, 0.4) is 0 Å². The monoisotopic (exact) mass is 188 g/mol. The first kappa shape index (κ1) is 9.44. The molecule has 5 heteroatoms. The van der Waals surface area contributed by atoms with Crippen molar-refractivity contribution in [2.75, 3.05) is 20.3 Å². The summed E-state index contributed by atoms with van der Waals surface area (Å²) >= 11 is 1.42. The van der Waals surface area contributed by atoms with E-state index in [0.29, 0.717) is 11.7 Å². The van der Waals surface area contributed by atoms with Crippen LogP contribution < -0.4 is 10.5 Å². The van der Waals surface area contributed by atoms with Crippen LogP contribution in [0, 0.1) is 0 Å². The maximum atomic E-state index is 8.92. The van der Waals surface area contributed by atoms with Crippen LogP contribution in [0.2, 0.25) is 0 Å². The molecule has 1 atom stereocenters. The fourth-order valence-electron chi connectivity index (χ4n) is 0.834. The van der Waals surface area contributed by atoms with Crippen LogP contribution in [0.15, 0.2) is 6.20 Å². The van der Waals surface area contributed by atoms with E-state index in [-0.39, 0.29) is 12.5 Å². The van der Waals surface area contributed by atoms with Gasteiger partial charge in [-0.15, -0.1) is 0 Å². The summed E-state index contributed by atoms with van der Waals surface area (Å²) in [6.07, 6.45) is 1.69. The molecule has 1 heterocycles. The van der Waals surface area contributed by atoms with Gasteiger partial charge in [-0.25, -0.2) is 4.98 Å². The van der Waals surface area contributed by atoms with Crippen LogP contribution >= 0.6 is 11.3 Å². The quantitative estimate of drug-likeness (QED) is 0.707. The van der Waals surface area contributed by atoms with Gasteiger partial charge in [0.2, 0.25) is 0 Å². The molecule has 0 aliphatic heterocycles. The van der Waals surface area contributed by atoms with E-state index in [1.807, 2.05) is 0 Å². The standard InChI is InChI=1S/C7H12N2O2S/c1-11-7-9-3-6(12-7)5(2-8)4-10/h3,5,10H,2,4,8H2,1H3. The minimum atomic E-state index is -0.00796. The van der Waals surface area contributed by atoms with Crippen LogP contribution in [-0.2, 0) is 0 Å². The number of nitrogens with two attached hydrogens (primary N) is 1. The molecule has 0 spiro atoms. The van der Waals surface area contributed by atoms with E-state index in [2.05, 4.69) is 4.98 Å². The van der Waals surface area contributed by atoms with Crippen molar-refractivity contribution in [1.29, 1.82) is 0 Å². The third kappa shape index (κ3) is 1.94. The molecule has 68 valence electrons. The van der Waals surface area contributed by atoms with Gasteiger partial charge in [-0.3, -0.25) is 0 Å². The summed E-state index contributed by atoms with van der Waals surface area (Å²) < 4.78 is 4.92. The molecule has 0 bridgehead atoms. The average Bonchev–Trinajstić information content (AvgIpc) is 2.55. The molecule has 0 aliphatic carbocycles. The van der Waals surface area contributed by atoms with Gasteiger partial charge in [0.05, 0.1) is 13.7 Å². The molecular weight excluding hydrogens is 176 g/mol. The van der Waals surface area contributed by atoms with Crippen molar-refractivity contribution in [3.8, 4) is 5.19 Å². The third-order valence-electron chi connectivity index (χ3n) is 1.58. The summed E-state index contributed by atoms with van der Waals surface area (Å²) in [5, 5.41) is 9.53.